The fourth-order valence-corrected chi connectivity index (χ4v) is 13.3. The highest BCUT2D eigenvalue weighted by atomic mass is 32.1. The Balaban J connectivity index is 1.02. The Morgan fingerprint density at radius 1 is 0.286 bits per heavy atom. The molecule has 70 heavy (non-hydrogen) atoms. The minimum Gasteiger partial charge on any atom is -0.456 e. The molecule has 1 spiro atoms. The summed E-state index contributed by atoms with van der Waals surface area (Å²) in [6.45, 7) is 0. The molecule has 1 aromatic heterocycles. The molecule has 3 heteroatoms. The zero-order chi connectivity index (χ0) is 45.9. The van der Waals surface area contributed by atoms with Crippen molar-refractivity contribution in [3.05, 3.63) is 271 Å². The highest BCUT2D eigenvalue weighted by Crippen LogP contribution is 2.63. The Bertz CT molecular complexity index is 4110. The minimum absolute atomic E-state index is 0.615. The third-order valence-electron chi connectivity index (χ3n) is 15.1. The summed E-state index contributed by atoms with van der Waals surface area (Å²) in [6.07, 6.45) is 0. The van der Waals surface area contributed by atoms with Crippen LogP contribution < -0.4 is 9.64 Å². The van der Waals surface area contributed by atoms with Crippen molar-refractivity contribution in [1.82, 2.24) is 0 Å². The zero-order valence-corrected chi connectivity index (χ0v) is 38.8. The van der Waals surface area contributed by atoms with E-state index in [2.05, 4.69) is 248 Å². The summed E-state index contributed by atoms with van der Waals surface area (Å²) >= 11 is 1.89. The van der Waals surface area contributed by atoms with Crippen LogP contribution in [-0.2, 0) is 5.41 Å². The largest absolute Gasteiger partial charge is 0.456 e. The first kappa shape index (κ1) is 39.3. The zero-order valence-electron chi connectivity index (χ0n) is 37.9. The molecular weight excluding hydrogens is 867 g/mol. The van der Waals surface area contributed by atoms with E-state index in [-0.39, 0.29) is 0 Å². The SMILES string of the molecule is c1ccc(-c2ccc(N(c3ccc4c(c3)-c3ccccc3Oc3ccccc3-4)c3ccc4c(c3)-c3ccccc3-c3ccccc3C43c4ccccc4-c4cc5sc6ccccc6c5cc43)cc2)cc1. The normalized spacial score (nSPS) is 14.5. The number of anilines is 3. The van der Waals surface area contributed by atoms with Gasteiger partial charge in [0.25, 0.3) is 0 Å². The molecule has 1 unspecified atom stereocenters. The second-order valence-electron chi connectivity index (χ2n) is 18.7. The summed E-state index contributed by atoms with van der Waals surface area (Å²) < 4.78 is 9.30. The lowest BCUT2D eigenvalue weighted by atomic mass is 9.65. The molecule has 11 aromatic carbocycles. The molecule has 0 bridgehead atoms. The average Bonchev–Trinajstić information content (AvgIpc) is 3.85. The first-order valence-electron chi connectivity index (χ1n) is 24.1. The monoisotopic (exact) mass is 907 g/mol. The molecule has 2 aliphatic carbocycles. The molecule has 0 saturated heterocycles. The molecule has 2 heterocycles. The van der Waals surface area contributed by atoms with Crippen LogP contribution >= 0.6 is 11.3 Å². The molecule has 1 aliphatic heterocycles. The Morgan fingerprint density at radius 3 is 1.50 bits per heavy atom. The van der Waals surface area contributed by atoms with Gasteiger partial charge in [-0.05, 0) is 145 Å². The number of rotatable bonds is 4. The van der Waals surface area contributed by atoms with E-state index < -0.39 is 5.41 Å². The molecule has 12 aromatic rings. The second-order valence-corrected chi connectivity index (χ2v) is 19.8. The number of nitrogens with zero attached hydrogens (tertiary/aromatic N) is 1. The van der Waals surface area contributed by atoms with E-state index in [0.29, 0.717) is 0 Å². The lowest BCUT2D eigenvalue weighted by Crippen LogP contribution is -2.29. The van der Waals surface area contributed by atoms with Gasteiger partial charge < -0.3 is 9.64 Å². The van der Waals surface area contributed by atoms with E-state index in [1.807, 2.05) is 17.4 Å². The van der Waals surface area contributed by atoms with Crippen molar-refractivity contribution in [3.63, 3.8) is 0 Å². The van der Waals surface area contributed by atoms with Crippen LogP contribution in [0, 0.1) is 0 Å². The molecule has 3 aliphatic rings. The molecule has 2 nitrogen and oxygen atoms in total. The second kappa shape index (κ2) is 15.1. The van der Waals surface area contributed by atoms with Gasteiger partial charge in [-0.1, -0.05) is 182 Å². The maximum absolute atomic E-state index is 6.67. The van der Waals surface area contributed by atoms with E-state index in [1.54, 1.807) is 0 Å². The number of fused-ring (bicyclic) bond motifs is 20. The summed E-state index contributed by atoms with van der Waals surface area (Å²) in [7, 11) is 0. The van der Waals surface area contributed by atoms with E-state index in [1.165, 1.54) is 86.9 Å². The van der Waals surface area contributed by atoms with Gasteiger partial charge in [0, 0.05) is 48.4 Å². The van der Waals surface area contributed by atoms with E-state index in [9.17, 15) is 0 Å². The van der Waals surface area contributed by atoms with Crippen molar-refractivity contribution in [2.45, 2.75) is 5.41 Å². The molecular formula is C67H41NOS. The highest BCUT2D eigenvalue weighted by Gasteiger charge is 2.50. The average molecular weight is 908 g/mol. The van der Waals surface area contributed by atoms with Gasteiger partial charge in [-0.25, -0.2) is 0 Å². The van der Waals surface area contributed by atoms with Crippen molar-refractivity contribution in [1.29, 1.82) is 0 Å². The maximum atomic E-state index is 6.67. The lowest BCUT2D eigenvalue weighted by molar-refractivity contribution is 0.488. The van der Waals surface area contributed by atoms with Gasteiger partial charge in [0.05, 0.1) is 5.41 Å². The van der Waals surface area contributed by atoms with Crippen molar-refractivity contribution >= 4 is 48.6 Å². The Kier molecular flexibility index (Phi) is 8.48. The minimum atomic E-state index is -0.615. The van der Waals surface area contributed by atoms with E-state index in [0.717, 1.165) is 50.8 Å². The van der Waals surface area contributed by atoms with Crippen molar-refractivity contribution in [2.24, 2.45) is 0 Å². The summed E-state index contributed by atoms with van der Waals surface area (Å²) in [5.41, 5.74) is 22.2. The topological polar surface area (TPSA) is 12.5 Å². The van der Waals surface area contributed by atoms with Crippen LogP contribution in [-0.4, -0.2) is 0 Å². The molecule has 0 saturated carbocycles. The smallest absolute Gasteiger partial charge is 0.135 e. The number of ether oxygens (including phenoxy) is 1. The first-order chi connectivity index (χ1) is 34.7. The van der Waals surface area contributed by atoms with E-state index >= 15 is 0 Å². The van der Waals surface area contributed by atoms with Crippen LogP contribution in [0.25, 0.3) is 86.9 Å². The van der Waals surface area contributed by atoms with Crippen molar-refractivity contribution in [2.75, 3.05) is 4.90 Å². The number of benzene rings is 11. The van der Waals surface area contributed by atoms with Crippen molar-refractivity contribution < 1.29 is 4.74 Å². The highest BCUT2D eigenvalue weighted by molar-refractivity contribution is 7.25. The van der Waals surface area contributed by atoms with Gasteiger partial charge >= 0.3 is 0 Å². The predicted molar refractivity (Wildman–Crippen MR) is 292 cm³/mol. The van der Waals surface area contributed by atoms with Crippen LogP contribution in [0.15, 0.2) is 249 Å². The molecule has 15 rings (SSSR count). The summed E-state index contributed by atoms with van der Waals surface area (Å²) in [4.78, 5) is 2.44. The fourth-order valence-electron chi connectivity index (χ4n) is 12.1. The van der Waals surface area contributed by atoms with Gasteiger partial charge in [-0.2, -0.15) is 0 Å². The number of thiophene rings is 1. The van der Waals surface area contributed by atoms with Crippen LogP contribution in [0.4, 0.5) is 17.1 Å². The van der Waals surface area contributed by atoms with Crippen LogP contribution in [0.2, 0.25) is 0 Å². The third kappa shape index (κ3) is 5.61. The first-order valence-corrected chi connectivity index (χ1v) is 24.9. The summed E-state index contributed by atoms with van der Waals surface area (Å²) in [5, 5.41) is 2.62. The van der Waals surface area contributed by atoms with Gasteiger partial charge in [-0.15, -0.1) is 11.3 Å². The Labute approximate surface area is 410 Å². The van der Waals surface area contributed by atoms with Crippen LogP contribution in [0.1, 0.15) is 22.3 Å². The summed E-state index contributed by atoms with van der Waals surface area (Å²) in [5.74, 6) is 1.71. The molecule has 0 radical (unpaired) electrons. The van der Waals surface area contributed by atoms with Gasteiger partial charge in [0.1, 0.15) is 11.5 Å². The predicted octanol–water partition coefficient (Wildman–Crippen LogP) is 18.6. The number of para-hydroxylation sites is 2. The van der Waals surface area contributed by atoms with Gasteiger partial charge in [0.2, 0.25) is 0 Å². The van der Waals surface area contributed by atoms with E-state index in [4.69, 9.17) is 4.74 Å². The molecule has 0 fully saturated rings. The third-order valence-corrected chi connectivity index (χ3v) is 16.2. The fraction of sp³-hybridized carbons (Fsp3) is 0.0149. The van der Waals surface area contributed by atoms with Crippen LogP contribution in [0.5, 0.6) is 11.5 Å². The van der Waals surface area contributed by atoms with Gasteiger partial charge in [0.15, 0.2) is 0 Å². The maximum Gasteiger partial charge on any atom is 0.135 e. The Morgan fingerprint density at radius 2 is 0.771 bits per heavy atom. The summed E-state index contributed by atoms with van der Waals surface area (Å²) in [6, 6.07) is 92.1. The lowest BCUT2D eigenvalue weighted by Gasteiger charge is -2.36. The van der Waals surface area contributed by atoms with Crippen LogP contribution in [0.3, 0.4) is 0 Å². The Hall–Kier alpha value is -8.76. The van der Waals surface area contributed by atoms with Gasteiger partial charge in [-0.3, -0.25) is 0 Å². The quantitative estimate of drug-likeness (QED) is 0.174. The molecule has 0 N–H and O–H groups in total. The molecule has 1 atom stereocenters. The molecule has 326 valence electrons. The standard InChI is InChI=1S/C67H41NOS/c1-2-16-42(17-3-1)43-30-32-44(33-31-43)68(45-34-36-49-52-22-8-13-27-63(52)69-64-28-14-9-23-53(64)55(49)38-45)46-35-37-61-56(39-46)48-19-5-4-18-47(48)50-20-6-11-25-59(50)67(61)60-26-12-7-21-51(60)57-41-66-58(40-62(57)67)54-24-10-15-29-65(54)70-66/h1-41H. The number of hydrogen-bond acceptors (Lipinski definition) is 3. The molecule has 0 amide bonds. The number of hydrogen-bond donors (Lipinski definition) is 0. The van der Waals surface area contributed by atoms with Crippen molar-refractivity contribution in [3.8, 4) is 78.3 Å².